The summed E-state index contributed by atoms with van der Waals surface area (Å²) in [4.78, 5) is 25.8. The summed E-state index contributed by atoms with van der Waals surface area (Å²) >= 11 is 0. The monoisotopic (exact) mass is 459 g/mol. The molecule has 3 aromatic rings. The number of anilines is 2. The maximum atomic E-state index is 12.5. The molecule has 0 aliphatic carbocycles. The Hall–Kier alpha value is -3.84. The Morgan fingerprint density at radius 3 is 2.29 bits per heavy atom. The van der Waals surface area contributed by atoms with E-state index in [1.54, 1.807) is 12.1 Å². The summed E-state index contributed by atoms with van der Waals surface area (Å²) in [6, 6.07) is 22.3. The van der Waals surface area contributed by atoms with Crippen molar-refractivity contribution < 1.29 is 19.4 Å². The van der Waals surface area contributed by atoms with Gasteiger partial charge in [0.05, 0.1) is 12.1 Å². The number of carboxylic acids is 1. The van der Waals surface area contributed by atoms with E-state index in [1.165, 1.54) is 0 Å². The van der Waals surface area contributed by atoms with Crippen molar-refractivity contribution in [3.63, 3.8) is 0 Å². The van der Waals surface area contributed by atoms with Gasteiger partial charge in [-0.05, 0) is 79.9 Å². The lowest BCUT2D eigenvalue weighted by molar-refractivity contribution is -0.117. The normalized spacial score (nSPS) is 14.4. The second-order valence-corrected chi connectivity index (χ2v) is 8.52. The lowest BCUT2D eigenvalue weighted by Crippen LogP contribution is -2.42. The zero-order chi connectivity index (χ0) is 23.9. The molecule has 0 unspecified atom stereocenters. The lowest BCUT2D eigenvalue weighted by atomic mass is 10.0. The first-order valence-electron chi connectivity index (χ1n) is 11.4. The van der Waals surface area contributed by atoms with Crippen LogP contribution in [0.5, 0.6) is 11.5 Å². The summed E-state index contributed by atoms with van der Waals surface area (Å²) in [7, 11) is 0. The smallest absolute Gasteiger partial charge is 0.335 e. The van der Waals surface area contributed by atoms with Gasteiger partial charge < -0.3 is 20.5 Å². The van der Waals surface area contributed by atoms with E-state index in [0.717, 1.165) is 48.6 Å². The molecule has 0 aromatic heterocycles. The van der Waals surface area contributed by atoms with Gasteiger partial charge >= 0.3 is 5.97 Å². The molecule has 3 N–H and O–H groups in total. The standard InChI is InChI=1S/C27H29N3O4/c1-19-17-20(27(32)33)7-12-25(19)28-22-13-15-30(16-14-22)18-26(31)29-21-8-10-24(11-9-21)34-23-5-3-2-4-6-23/h2-12,17,22,28H,13-16,18H2,1H3,(H,29,31)(H,32,33). The Morgan fingerprint density at radius 2 is 1.65 bits per heavy atom. The molecule has 1 amide bonds. The van der Waals surface area contributed by atoms with Crippen LogP contribution in [0.3, 0.4) is 0 Å². The first kappa shape index (κ1) is 23.3. The molecular weight excluding hydrogens is 430 g/mol. The topological polar surface area (TPSA) is 90.9 Å². The summed E-state index contributed by atoms with van der Waals surface area (Å²) in [5.41, 5.74) is 2.91. The first-order valence-corrected chi connectivity index (χ1v) is 11.4. The fourth-order valence-electron chi connectivity index (χ4n) is 4.05. The molecule has 0 atom stereocenters. The quantitative estimate of drug-likeness (QED) is 0.439. The number of aromatic carboxylic acids is 1. The van der Waals surface area contributed by atoms with Gasteiger partial charge in [0.15, 0.2) is 0 Å². The molecule has 0 radical (unpaired) electrons. The highest BCUT2D eigenvalue weighted by atomic mass is 16.5. The van der Waals surface area contributed by atoms with E-state index in [4.69, 9.17) is 9.84 Å². The van der Waals surface area contributed by atoms with E-state index in [2.05, 4.69) is 15.5 Å². The van der Waals surface area contributed by atoms with Crippen molar-refractivity contribution in [3.05, 3.63) is 83.9 Å². The number of piperidine rings is 1. The maximum Gasteiger partial charge on any atom is 0.335 e. The van der Waals surface area contributed by atoms with Gasteiger partial charge in [0.2, 0.25) is 5.91 Å². The number of ether oxygens (including phenoxy) is 1. The van der Waals surface area contributed by atoms with E-state index in [0.29, 0.717) is 23.9 Å². The number of hydrogen-bond donors (Lipinski definition) is 3. The van der Waals surface area contributed by atoms with Crippen LogP contribution < -0.4 is 15.4 Å². The fraction of sp³-hybridized carbons (Fsp3) is 0.259. The number of carbonyl (C=O) groups excluding carboxylic acids is 1. The van der Waals surface area contributed by atoms with Gasteiger partial charge in [-0.2, -0.15) is 0 Å². The molecule has 0 bridgehead atoms. The van der Waals surface area contributed by atoms with Crippen LogP contribution in [-0.2, 0) is 4.79 Å². The SMILES string of the molecule is Cc1cc(C(=O)O)ccc1NC1CCN(CC(=O)Nc2ccc(Oc3ccccc3)cc2)CC1. The molecule has 3 aromatic carbocycles. The molecule has 1 aliphatic heterocycles. The first-order chi connectivity index (χ1) is 16.5. The number of nitrogens with zero attached hydrogens (tertiary/aromatic N) is 1. The van der Waals surface area contributed by atoms with Gasteiger partial charge in [-0.15, -0.1) is 0 Å². The van der Waals surface area contributed by atoms with Gasteiger partial charge in [0.1, 0.15) is 11.5 Å². The molecule has 0 saturated carbocycles. The van der Waals surface area contributed by atoms with Crippen molar-refractivity contribution in [1.82, 2.24) is 4.90 Å². The summed E-state index contributed by atoms with van der Waals surface area (Å²) in [5.74, 6) is 0.525. The Bertz CT molecular complexity index is 1120. The summed E-state index contributed by atoms with van der Waals surface area (Å²) in [6.07, 6.45) is 1.83. The number of aryl methyl sites for hydroxylation is 1. The zero-order valence-electron chi connectivity index (χ0n) is 19.2. The third-order valence-corrected chi connectivity index (χ3v) is 5.90. The number of carboxylic acid groups (broad SMARTS) is 1. The summed E-state index contributed by atoms with van der Waals surface area (Å²) < 4.78 is 5.78. The van der Waals surface area contributed by atoms with Crippen LogP contribution in [0.2, 0.25) is 0 Å². The van der Waals surface area contributed by atoms with Crippen molar-refractivity contribution in [2.45, 2.75) is 25.8 Å². The van der Waals surface area contributed by atoms with Gasteiger partial charge in [0.25, 0.3) is 0 Å². The predicted octanol–water partition coefficient (Wildman–Crippen LogP) is 5.00. The van der Waals surface area contributed by atoms with Crippen LogP contribution in [0.25, 0.3) is 0 Å². The Labute approximate surface area is 199 Å². The van der Waals surface area contributed by atoms with Crippen LogP contribution in [-0.4, -0.2) is 47.6 Å². The van der Waals surface area contributed by atoms with E-state index >= 15 is 0 Å². The molecule has 34 heavy (non-hydrogen) atoms. The van der Waals surface area contributed by atoms with Gasteiger partial charge in [0, 0.05) is 30.5 Å². The van der Waals surface area contributed by atoms with Crippen LogP contribution in [0.15, 0.2) is 72.8 Å². The van der Waals surface area contributed by atoms with Crippen molar-refractivity contribution in [2.75, 3.05) is 30.3 Å². The number of amides is 1. The molecule has 1 heterocycles. The number of hydrogen-bond acceptors (Lipinski definition) is 5. The zero-order valence-corrected chi connectivity index (χ0v) is 19.2. The Morgan fingerprint density at radius 1 is 0.971 bits per heavy atom. The maximum absolute atomic E-state index is 12.5. The number of likely N-dealkylation sites (tertiary alicyclic amines) is 1. The fourth-order valence-corrected chi connectivity index (χ4v) is 4.05. The number of carbonyl (C=O) groups is 2. The second kappa shape index (κ2) is 10.9. The van der Waals surface area contributed by atoms with Gasteiger partial charge in [-0.25, -0.2) is 4.79 Å². The van der Waals surface area contributed by atoms with E-state index in [9.17, 15) is 9.59 Å². The molecule has 7 nitrogen and oxygen atoms in total. The average Bonchev–Trinajstić information content (AvgIpc) is 2.83. The second-order valence-electron chi connectivity index (χ2n) is 8.52. The molecule has 1 saturated heterocycles. The van der Waals surface area contributed by atoms with Crippen molar-refractivity contribution >= 4 is 23.3 Å². The molecule has 1 fully saturated rings. The molecule has 1 aliphatic rings. The lowest BCUT2D eigenvalue weighted by Gasteiger charge is -2.32. The van der Waals surface area contributed by atoms with Crippen LogP contribution in [0.4, 0.5) is 11.4 Å². The van der Waals surface area contributed by atoms with Crippen LogP contribution in [0.1, 0.15) is 28.8 Å². The highest BCUT2D eigenvalue weighted by Gasteiger charge is 2.21. The van der Waals surface area contributed by atoms with Crippen LogP contribution >= 0.6 is 0 Å². The number of nitrogens with one attached hydrogen (secondary N) is 2. The third-order valence-electron chi connectivity index (χ3n) is 5.90. The summed E-state index contributed by atoms with van der Waals surface area (Å²) in [5, 5.41) is 15.6. The highest BCUT2D eigenvalue weighted by Crippen LogP contribution is 2.23. The Kier molecular flexibility index (Phi) is 7.44. The van der Waals surface area contributed by atoms with Crippen molar-refractivity contribution in [2.24, 2.45) is 0 Å². The number of benzene rings is 3. The number of para-hydroxylation sites is 1. The van der Waals surface area contributed by atoms with Crippen molar-refractivity contribution in [3.8, 4) is 11.5 Å². The van der Waals surface area contributed by atoms with E-state index in [1.807, 2.05) is 67.6 Å². The average molecular weight is 460 g/mol. The van der Waals surface area contributed by atoms with Crippen molar-refractivity contribution in [1.29, 1.82) is 0 Å². The highest BCUT2D eigenvalue weighted by molar-refractivity contribution is 5.92. The summed E-state index contributed by atoms with van der Waals surface area (Å²) in [6.45, 7) is 3.90. The predicted molar refractivity (Wildman–Crippen MR) is 133 cm³/mol. The largest absolute Gasteiger partial charge is 0.478 e. The molecule has 176 valence electrons. The van der Waals surface area contributed by atoms with Gasteiger partial charge in [-0.3, -0.25) is 9.69 Å². The third kappa shape index (κ3) is 6.36. The minimum absolute atomic E-state index is 0.0387. The minimum Gasteiger partial charge on any atom is -0.478 e. The number of rotatable bonds is 8. The molecule has 7 heteroatoms. The molecule has 0 spiro atoms. The Balaban J connectivity index is 1.21. The van der Waals surface area contributed by atoms with E-state index in [-0.39, 0.29) is 5.91 Å². The molecular formula is C27H29N3O4. The minimum atomic E-state index is -0.919. The molecule has 4 rings (SSSR count). The van der Waals surface area contributed by atoms with Gasteiger partial charge in [-0.1, -0.05) is 18.2 Å². The van der Waals surface area contributed by atoms with Crippen LogP contribution in [0, 0.1) is 6.92 Å². The van der Waals surface area contributed by atoms with E-state index < -0.39 is 5.97 Å².